The van der Waals surface area contributed by atoms with Gasteiger partial charge in [0.2, 0.25) is 17.7 Å². The Morgan fingerprint density at radius 1 is 0.900 bits per heavy atom. The maximum Gasteiger partial charge on any atom is 0.349 e. The zero-order chi connectivity index (χ0) is 28.6. The molecule has 3 saturated heterocycles. The Kier molecular flexibility index (Phi) is 5.63. The average Bonchev–Trinajstić information content (AvgIpc) is 3.53. The van der Waals surface area contributed by atoms with E-state index < -0.39 is 59.0 Å². The van der Waals surface area contributed by atoms with E-state index in [0.717, 1.165) is 17.6 Å². The summed E-state index contributed by atoms with van der Waals surface area (Å²) in [5.41, 5.74) is -0.595. The molecule has 3 fully saturated rings. The molecular weight excluding hydrogens is 518 g/mol. The second-order valence-electron chi connectivity index (χ2n) is 10.2. The summed E-state index contributed by atoms with van der Waals surface area (Å²) < 4.78 is 16.8. The Morgan fingerprint density at radius 2 is 1.50 bits per heavy atom. The van der Waals surface area contributed by atoms with E-state index >= 15 is 0 Å². The van der Waals surface area contributed by atoms with Gasteiger partial charge in [-0.05, 0) is 18.1 Å². The SMILES string of the molecule is COC(=O)C1=C(C)N(Cc2ccccc2)[C@]23OC(C(=O)OC)(C(=O)N2C1c1ccccc1)[C@H]1C(=O)N(C)C(=O)[C@H]13. The number of amides is 3. The van der Waals surface area contributed by atoms with Crippen LogP contribution in [0.4, 0.5) is 0 Å². The summed E-state index contributed by atoms with van der Waals surface area (Å²) in [5.74, 6) is -8.58. The van der Waals surface area contributed by atoms with Crippen molar-refractivity contribution in [3.63, 3.8) is 0 Å². The molecule has 40 heavy (non-hydrogen) atoms. The van der Waals surface area contributed by atoms with Crippen molar-refractivity contribution in [2.45, 2.75) is 31.0 Å². The van der Waals surface area contributed by atoms with Crippen LogP contribution < -0.4 is 0 Å². The molecule has 11 nitrogen and oxygen atoms in total. The Bertz CT molecular complexity index is 1490. The van der Waals surface area contributed by atoms with Crippen molar-refractivity contribution in [3.8, 4) is 0 Å². The second kappa shape index (κ2) is 8.75. The van der Waals surface area contributed by atoms with Crippen LogP contribution in [-0.4, -0.2) is 77.1 Å². The van der Waals surface area contributed by atoms with E-state index in [-0.39, 0.29) is 12.1 Å². The maximum absolute atomic E-state index is 14.6. The first-order valence-electron chi connectivity index (χ1n) is 12.8. The lowest BCUT2D eigenvalue weighted by Gasteiger charge is -2.55. The molecule has 0 aromatic heterocycles. The predicted molar refractivity (Wildman–Crippen MR) is 136 cm³/mol. The third-order valence-corrected chi connectivity index (χ3v) is 8.47. The van der Waals surface area contributed by atoms with Gasteiger partial charge in [0.1, 0.15) is 11.8 Å². The number of rotatable bonds is 5. The number of hydrogen-bond acceptors (Lipinski definition) is 9. The van der Waals surface area contributed by atoms with Gasteiger partial charge < -0.3 is 19.1 Å². The van der Waals surface area contributed by atoms with Crippen LogP contribution in [0.25, 0.3) is 0 Å². The molecule has 206 valence electrons. The Balaban J connectivity index is 1.70. The number of esters is 2. The Morgan fingerprint density at radius 3 is 2.10 bits per heavy atom. The number of nitrogens with zero attached hydrogens (tertiary/aromatic N) is 3. The van der Waals surface area contributed by atoms with E-state index in [2.05, 4.69) is 0 Å². The highest BCUT2D eigenvalue weighted by molar-refractivity contribution is 6.19. The first kappa shape index (κ1) is 25.8. The van der Waals surface area contributed by atoms with E-state index in [9.17, 15) is 24.0 Å². The third-order valence-electron chi connectivity index (χ3n) is 8.47. The highest BCUT2D eigenvalue weighted by atomic mass is 16.6. The smallest absolute Gasteiger partial charge is 0.349 e. The highest BCUT2D eigenvalue weighted by Gasteiger charge is 2.88. The Labute approximate surface area is 229 Å². The fraction of sp³-hybridized carbons (Fsp3) is 0.345. The second-order valence-corrected chi connectivity index (χ2v) is 10.2. The molecule has 2 bridgehead atoms. The predicted octanol–water partition coefficient (Wildman–Crippen LogP) is 1.36. The summed E-state index contributed by atoms with van der Waals surface area (Å²) in [4.78, 5) is 72.6. The molecule has 4 aliphatic rings. The molecule has 1 spiro atoms. The number of allylic oxidation sites excluding steroid dienone is 1. The van der Waals surface area contributed by atoms with Crippen molar-refractivity contribution >= 4 is 29.7 Å². The standard InChI is InChI=1S/C29H27N3O8/c1-16-19(25(35)38-3)22(18-13-9-6-10-14-18)32-26(36)28(27(37)39-4)20-21(24(34)30(2)23(20)33)29(32,40-28)31(16)15-17-11-7-5-8-12-17/h5-14,20-22H,15H2,1-4H3/t20-,21+,22?,28?,29+/m1/s1. The summed E-state index contributed by atoms with van der Waals surface area (Å²) in [6.07, 6.45) is 0. The van der Waals surface area contributed by atoms with Crippen molar-refractivity contribution in [2.75, 3.05) is 21.3 Å². The van der Waals surface area contributed by atoms with E-state index in [1.165, 1.54) is 19.1 Å². The number of ether oxygens (including phenoxy) is 3. The van der Waals surface area contributed by atoms with Crippen molar-refractivity contribution in [2.24, 2.45) is 11.8 Å². The number of imide groups is 1. The molecule has 2 unspecified atom stereocenters. The molecule has 2 aromatic carbocycles. The average molecular weight is 546 g/mol. The molecule has 0 aliphatic carbocycles. The van der Waals surface area contributed by atoms with Gasteiger partial charge in [-0.25, -0.2) is 9.59 Å². The van der Waals surface area contributed by atoms with Crippen LogP contribution in [0.3, 0.4) is 0 Å². The van der Waals surface area contributed by atoms with Gasteiger partial charge in [0.25, 0.3) is 11.5 Å². The Hall–Kier alpha value is -4.51. The van der Waals surface area contributed by atoms with Crippen LogP contribution in [0, 0.1) is 11.8 Å². The van der Waals surface area contributed by atoms with Crippen LogP contribution in [0.1, 0.15) is 24.1 Å². The van der Waals surface area contributed by atoms with Crippen LogP contribution in [-0.2, 0) is 44.7 Å². The van der Waals surface area contributed by atoms with Crippen molar-refractivity contribution in [3.05, 3.63) is 83.1 Å². The number of carbonyl (C=O) groups excluding carboxylic acids is 5. The van der Waals surface area contributed by atoms with E-state index in [4.69, 9.17) is 14.2 Å². The summed E-state index contributed by atoms with van der Waals surface area (Å²) in [5, 5.41) is 0. The number of piperidine rings is 1. The summed E-state index contributed by atoms with van der Waals surface area (Å²) in [7, 11) is 3.65. The summed E-state index contributed by atoms with van der Waals surface area (Å²) in [6, 6.07) is 16.9. The van der Waals surface area contributed by atoms with E-state index in [1.54, 1.807) is 42.2 Å². The van der Waals surface area contributed by atoms with Gasteiger partial charge in [0.15, 0.2) is 0 Å². The van der Waals surface area contributed by atoms with Crippen molar-refractivity contribution in [1.82, 2.24) is 14.7 Å². The first-order valence-corrected chi connectivity index (χ1v) is 12.8. The van der Waals surface area contributed by atoms with Gasteiger partial charge in [-0.1, -0.05) is 60.7 Å². The molecule has 0 radical (unpaired) electrons. The molecule has 4 aliphatic heterocycles. The lowest BCUT2D eigenvalue weighted by molar-refractivity contribution is -0.228. The van der Waals surface area contributed by atoms with Gasteiger partial charge in [0.05, 0.1) is 25.8 Å². The summed E-state index contributed by atoms with van der Waals surface area (Å²) in [6.45, 7) is 1.77. The van der Waals surface area contributed by atoms with Crippen LogP contribution in [0.2, 0.25) is 0 Å². The zero-order valence-electron chi connectivity index (χ0n) is 22.3. The molecule has 4 heterocycles. The van der Waals surface area contributed by atoms with Crippen LogP contribution >= 0.6 is 0 Å². The molecule has 6 rings (SSSR count). The van der Waals surface area contributed by atoms with Gasteiger partial charge in [-0.15, -0.1) is 0 Å². The minimum atomic E-state index is -2.43. The number of likely N-dealkylation sites (tertiary alicyclic amines) is 1. The summed E-state index contributed by atoms with van der Waals surface area (Å²) >= 11 is 0. The van der Waals surface area contributed by atoms with Gasteiger partial charge in [-0.3, -0.25) is 24.2 Å². The fourth-order valence-electron chi connectivity index (χ4n) is 6.76. The molecular formula is C29H27N3O8. The first-order chi connectivity index (χ1) is 19.2. The quantitative estimate of drug-likeness (QED) is 0.311. The monoisotopic (exact) mass is 545 g/mol. The molecule has 5 atom stereocenters. The zero-order valence-corrected chi connectivity index (χ0v) is 22.3. The van der Waals surface area contributed by atoms with E-state index in [1.807, 2.05) is 30.3 Å². The lowest BCUT2D eigenvalue weighted by atomic mass is 9.73. The topological polar surface area (TPSA) is 123 Å². The van der Waals surface area contributed by atoms with Gasteiger partial charge in [0, 0.05) is 19.3 Å². The van der Waals surface area contributed by atoms with Crippen molar-refractivity contribution in [1.29, 1.82) is 0 Å². The largest absolute Gasteiger partial charge is 0.466 e. The minimum Gasteiger partial charge on any atom is -0.466 e. The van der Waals surface area contributed by atoms with Crippen LogP contribution in [0.15, 0.2) is 71.9 Å². The number of benzene rings is 2. The van der Waals surface area contributed by atoms with E-state index in [0.29, 0.717) is 11.3 Å². The maximum atomic E-state index is 14.6. The molecule has 0 N–H and O–H groups in total. The third kappa shape index (κ3) is 2.95. The lowest BCUT2D eigenvalue weighted by Crippen LogP contribution is -2.70. The molecule has 2 aromatic rings. The molecule has 3 amide bonds. The normalized spacial score (nSPS) is 30.6. The highest BCUT2D eigenvalue weighted by Crippen LogP contribution is 2.65. The van der Waals surface area contributed by atoms with Gasteiger partial charge >= 0.3 is 11.9 Å². The molecule has 11 heteroatoms. The number of hydrogen-bond donors (Lipinski definition) is 0. The van der Waals surface area contributed by atoms with Crippen LogP contribution in [0.5, 0.6) is 0 Å². The minimum absolute atomic E-state index is 0.0874. The number of carbonyl (C=O) groups is 5. The molecule has 0 saturated carbocycles. The van der Waals surface area contributed by atoms with Crippen molar-refractivity contribution < 1.29 is 38.2 Å². The number of methoxy groups -OCH3 is 2. The van der Waals surface area contributed by atoms with Gasteiger partial charge in [-0.2, -0.15) is 0 Å². The number of fused-ring (bicyclic) bond motifs is 3. The fourth-order valence-corrected chi connectivity index (χ4v) is 6.76.